The summed E-state index contributed by atoms with van der Waals surface area (Å²) < 4.78 is 0. The highest BCUT2D eigenvalue weighted by molar-refractivity contribution is 8.76. The summed E-state index contributed by atoms with van der Waals surface area (Å²) >= 11 is 0. The topological polar surface area (TPSA) is 52.0 Å². The first-order chi connectivity index (χ1) is 6.45. The van der Waals surface area contributed by atoms with Gasteiger partial charge in [-0.2, -0.15) is 0 Å². The summed E-state index contributed by atoms with van der Waals surface area (Å²) in [5, 5.41) is 0. The average molecular weight is 232 g/mol. The van der Waals surface area contributed by atoms with Crippen LogP contribution in [0.4, 0.5) is 0 Å². The number of hydrogen-bond donors (Lipinski definition) is 2. The van der Waals surface area contributed by atoms with Crippen LogP contribution in [0.3, 0.4) is 0 Å². The van der Waals surface area contributed by atoms with Crippen molar-refractivity contribution in [3.05, 3.63) is 24.3 Å². The van der Waals surface area contributed by atoms with E-state index in [9.17, 15) is 0 Å². The third-order valence-electron chi connectivity index (χ3n) is 1.84. The summed E-state index contributed by atoms with van der Waals surface area (Å²) in [6.07, 6.45) is 0. The van der Waals surface area contributed by atoms with Crippen LogP contribution in [0.2, 0.25) is 0 Å². The molecular formula is C10H20N2S2. The molecule has 0 amide bonds. The Bertz CT molecular complexity index is 182. The minimum atomic E-state index is 0.0913. The Morgan fingerprint density at radius 1 is 1.00 bits per heavy atom. The van der Waals surface area contributed by atoms with Crippen LogP contribution in [-0.2, 0) is 0 Å². The molecule has 0 aromatic heterocycles. The van der Waals surface area contributed by atoms with Crippen LogP contribution < -0.4 is 11.5 Å². The van der Waals surface area contributed by atoms with Crippen molar-refractivity contribution in [3.63, 3.8) is 0 Å². The van der Waals surface area contributed by atoms with E-state index in [1.807, 2.05) is 13.8 Å². The van der Waals surface area contributed by atoms with Crippen LogP contribution in [0, 0.1) is 0 Å². The van der Waals surface area contributed by atoms with Crippen LogP contribution >= 0.6 is 21.6 Å². The van der Waals surface area contributed by atoms with Crippen molar-refractivity contribution < 1.29 is 0 Å². The molecular weight excluding hydrogens is 212 g/mol. The van der Waals surface area contributed by atoms with Crippen molar-refractivity contribution in [1.29, 1.82) is 0 Å². The molecule has 0 heterocycles. The zero-order chi connectivity index (χ0) is 11.1. The van der Waals surface area contributed by atoms with Gasteiger partial charge < -0.3 is 11.5 Å². The van der Waals surface area contributed by atoms with Gasteiger partial charge in [0.1, 0.15) is 0 Å². The van der Waals surface area contributed by atoms with Crippen molar-refractivity contribution in [1.82, 2.24) is 0 Å². The van der Waals surface area contributed by atoms with E-state index in [-0.39, 0.29) is 12.1 Å². The van der Waals surface area contributed by atoms with E-state index in [1.54, 1.807) is 21.6 Å². The number of nitrogens with two attached hydrogens (primary N) is 2. The SMILES string of the molecule is C=C(C)C(N)CSSCC(N)C(=C)C. The fraction of sp³-hybridized carbons (Fsp3) is 0.600. The normalized spacial score (nSPS) is 14.9. The maximum absolute atomic E-state index is 5.81. The highest BCUT2D eigenvalue weighted by Gasteiger charge is 2.05. The van der Waals surface area contributed by atoms with Crippen LogP contribution in [-0.4, -0.2) is 23.6 Å². The molecule has 0 bridgehead atoms. The predicted octanol–water partition coefficient (Wildman–Crippen LogP) is 2.17. The molecule has 0 aromatic carbocycles. The summed E-state index contributed by atoms with van der Waals surface area (Å²) in [6, 6.07) is 0.183. The molecule has 0 fully saturated rings. The Hall–Kier alpha value is 0.100. The van der Waals surface area contributed by atoms with Gasteiger partial charge >= 0.3 is 0 Å². The maximum Gasteiger partial charge on any atom is 0.0348 e. The van der Waals surface area contributed by atoms with E-state index in [2.05, 4.69) is 13.2 Å². The lowest BCUT2D eigenvalue weighted by Crippen LogP contribution is -2.24. The molecule has 0 saturated heterocycles. The minimum absolute atomic E-state index is 0.0913. The number of hydrogen-bond acceptors (Lipinski definition) is 4. The van der Waals surface area contributed by atoms with E-state index in [0.717, 1.165) is 22.7 Å². The molecule has 4 heteroatoms. The lowest BCUT2D eigenvalue weighted by molar-refractivity contribution is 0.877. The summed E-state index contributed by atoms with van der Waals surface area (Å²) in [4.78, 5) is 0. The first-order valence-corrected chi connectivity index (χ1v) is 7.00. The number of rotatable bonds is 7. The average Bonchev–Trinajstić information content (AvgIpc) is 2.11. The van der Waals surface area contributed by atoms with Gasteiger partial charge in [0.2, 0.25) is 0 Å². The summed E-state index contributed by atoms with van der Waals surface area (Å²) in [5.74, 6) is 1.78. The molecule has 4 N–H and O–H groups in total. The molecule has 82 valence electrons. The minimum Gasteiger partial charge on any atom is -0.324 e. The molecule has 2 atom stereocenters. The zero-order valence-electron chi connectivity index (χ0n) is 8.95. The molecule has 0 aliphatic heterocycles. The lowest BCUT2D eigenvalue weighted by atomic mass is 10.2. The second-order valence-corrected chi connectivity index (χ2v) is 6.03. The first-order valence-electron chi connectivity index (χ1n) is 4.51. The predicted molar refractivity (Wildman–Crippen MR) is 70.5 cm³/mol. The van der Waals surface area contributed by atoms with Gasteiger partial charge in [-0.15, -0.1) is 0 Å². The van der Waals surface area contributed by atoms with Gasteiger partial charge in [0.15, 0.2) is 0 Å². The van der Waals surface area contributed by atoms with Gasteiger partial charge in [0, 0.05) is 23.6 Å². The van der Waals surface area contributed by atoms with E-state index < -0.39 is 0 Å². The lowest BCUT2D eigenvalue weighted by Gasteiger charge is -2.12. The van der Waals surface area contributed by atoms with Crippen molar-refractivity contribution in [3.8, 4) is 0 Å². The van der Waals surface area contributed by atoms with E-state index in [0.29, 0.717) is 0 Å². The van der Waals surface area contributed by atoms with Gasteiger partial charge in [0.25, 0.3) is 0 Å². The highest BCUT2D eigenvalue weighted by atomic mass is 33.1. The van der Waals surface area contributed by atoms with Gasteiger partial charge in [-0.3, -0.25) is 0 Å². The van der Waals surface area contributed by atoms with Gasteiger partial charge in [-0.25, -0.2) is 0 Å². The molecule has 0 spiro atoms. The van der Waals surface area contributed by atoms with Gasteiger partial charge in [0.05, 0.1) is 0 Å². The van der Waals surface area contributed by atoms with Crippen molar-refractivity contribution in [2.45, 2.75) is 25.9 Å². The van der Waals surface area contributed by atoms with E-state index in [4.69, 9.17) is 11.5 Å². The Balaban J connectivity index is 3.47. The van der Waals surface area contributed by atoms with Crippen LogP contribution in [0.1, 0.15) is 13.8 Å². The Labute approximate surface area is 95.0 Å². The summed E-state index contributed by atoms with van der Waals surface area (Å²) in [5.41, 5.74) is 13.7. The standard InChI is InChI=1S/C10H20N2S2/c1-7(2)9(11)5-13-14-6-10(12)8(3)4/h9-10H,1,3,5-6,11-12H2,2,4H3. The van der Waals surface area contributed by atoms with Crippen LogP contribution in [0.5, 0.6) is 0 Å². The largest absolute Gasteiger partial charge is 0.324 e. The monoisotopic (exact) mass is 232 g/mol. The molecule has 0 aromatic rings. The van der Waals surface area contributed by atoms with E-state index >= 15 is 0 Å². The molecule has 0 aliphatic carbocycles. The molecule has 2 nitrogen and oxygen atoms in total. The highest BCUT2D eigenvalue weighted by Crippen LogP contribution is 2.24. The second-order valence-electron chi connectivity index (χ2n) is 3.47. The first kappa shape index (κ1) is 14.1. The second kappa shape index (κ2) is 7.40. The molecule has 0 rings (SSSR count). The van der Waals surface area contributed by atoms with Crippen LogP contribution in [0.15, 0.2) is 24.3 Å². The zero-order valence-corrected chi connectivity index (χ0v) is 10.6. The van der Waals surface area contributed by atoms with Gasteiger partial charge in [-0.1, -0.05) is 45.9 Å². The van der Waals surface area contributed by atoms with Crippen molar-refractivity contribution in [2.75, 3.05) is 11.5 Å². The Morgan fingerprint density at radius 3 is 1.50 bits per heavy atom. The maximum atomic E-state index is 5.81. The van der Waals surface area contributed by atoms with Crippen molar-refractivity contribution >= 4 is 21.6 Å². The fourth-order valence-corrected chi connectivity index (χ4v) is 3.04. The Kier molecular flexibility index (Phi) is 7.45. The van der Waals surface area contributed by atoms with Gasteiger partial charge in [-0.05, 0) is 13.8 Å². The summed E-state index contributed by atoms with van der Waals surface area (Å²) in [6.45, 7) is 11.5. The molecule has 0 aliphatic rings. The Morgan fingerprint density at radius 2 is 1.29 bits per heavy atom. The van der Waals surface area contributed by atoms with E-state index in [1.165, 1.54) is 0 Å². The molecule has 0 saturated carbocycles. The molecule has 0 radical (unpaired) electrons. The third kappa shape index (κ3) is 6.54. The van der Waals surface area contributed by atoms with Crippen molar-refractivity contribution in [2.24, 2.45) is 11.5 Å². The summed E-state index contributed by atoms with van der Waals surface area (Å²) in [7, 11) is 3.49. The molecule has 2 unspecified atom stereocenters. The molecule has 14 heavy (non-hydrogen) atoms. The fourth-order valence-electron chi connectivity index (χ4n) is 0.527. The smallest absolute Gasteiger partial charge is 0.0348 e. The quantitative estimate of drug-likeness (QED) is 0.401. The van der Waals surface area contributed by atoms with Crippen LogP contribution in [0.25, 0.3) is 0 Å². The third-order valence-corrected chi connectivity index (χ3v) is 4.32.